The fourth-order valence-electron chi connectivity index (χ4n) is 4.60. The van der Waals surface area contributed by atoms with Gasteiger partial charge in [-0.15, -0.1) is 0 Å². The number of aromatic nitrogens is 2. The van der Waals surface area contributed by atoms with E-state index in [2.05, 4.69) is 4.90 Å². The molecule has 1 aliphatic heterocycles. The Morgan fingerprint density at radius 1 is 0.895 bits per heavy atom. The van der Waals surface area contributed by atoms with Crippen LogP contribution in [0.25, 0.3) is 16.9 Å². The molecule has 1 amide bonds. The molecule has 0 unspecified atom stereocenters. The maximum Gasteiger partial charge on any atom is 0.272 e. The van der Waals surface area contributed by atoms with Crippen molar-refractivity contribution in [3.8, 4) is 28.4 Å². The minimum Gasteiger partial charge on any atom is -0.497 e. The van der Waals surface area contributed by atoms with Crippen molar-refractivity contribution in [1.29, 1.82) is 0 Å². The average molecular weight is 514 g/mol. The number of hydrogen-bond acceptors (Lipinski definition) is 7. The van der Waals surface area contributed by atoms with Crippen molar-refractivity contribution in [3.05, 3.63) is 94.7 Å². The largest absolute Gasteiger partial charge is 0.497 e. The van der Waals surface area contributed by atoms with Gasteiger partial charge in [0.15, 0.2) is 0 Å². The smallest absolute Gasteiger partial charge is 0.272 e. The van der Waals surface area contributed by atoms with Gasteiger partial charge in [0.1, 0.15) is 17.2 Å². The monoisotopic (exact) mass is 513 g/mol. The molecular formula is C28H27N5O5. The standard InChI is InChI=1S/C28H27N5O5/c1-37-23-10-5-7-20(17-23)24-19-26(32(29-24)21-8-6-9-22(18-21)33(35)36)28(34)31-15-13-30(14-16-31)25-11-3-4-12-27(25)38-2/h3-12,17-19H,13-16H2,1-2H3. The van der Waals surface area contributed by atoms with Crippen molar-refractivity contribution in [1.82, 2.24) is 14.7 Å². The summed E-state index contributed by atoms with van der Waals surface area (Å²) in [7, 11) is 3.23. The Labute approximate surface area is 219 Å². The molecule has 10 nitrogen and oxygen atoms in total. The summed E-state index contributed by atoms with van der Waals surface area (Å²) < 4.78 is 12.3. The van der Waals surface area contributed by atoms with Gasteiger partial charge >= 0.3 is 0 Å². The third-order valence-corrected chi connectivity index (χ3v) is 6.57. The van der Waals surface area contributed by atoms with Gasteiger partial charge in [0, 0.05) is 43.9 Å². The lowest BCUT2D eigenvalue weighted by atomic mass is 10.1. The van der Waals surface area contributed by atoms with Gasteiger partial charge in [-0.1, -0.05) is 30.3 Å². The number of non-ortho nitro benzene ring substituents is 1. The minimum atomic E-state index is -0.464. The number of piperazine rings is 1. The topological polar surface area (TPSA) is 103 Å². The third kappa shape index (κ3) is 4.88. The number of benzene rings is 3. The maximum absolute atomic E-state index is 13.8. The van der Waals surface area contributed by atoms with E-state index >= 15 is 0 Å². The van der Waals surface area contributed by atoms with Crippen LogP contribution in [0, 0.1) is 10.1 Å². The number of anilines is 1. The second-order valence-corrected chi connectivity index (χ2v) is 8.79. The van der Waals surface area contributed by atoms with Gasteiger partial charge in [-0.3, -0.25) is 14.9 Å². The van der Waals surface area contributed by atoms with E-state index in [1.807, 2.05) is 48.5 Å². The lowest BCUT2D eigenvalue weighted by Crippen LogP contribution is -2.49. The van der Waals surface area contributed by atoms with Crippen molar-refractivity contribution in [2.75, 3.05) is 45.3 Å². The van der Waals surface area contributed by atoms with Crippen LogP contribution in [-0.4, -0.2) is 65.9 Å². The van der Waals surface area contributed by atoms with Crippen LogP contribution in [0.4, 0.5) is 11.4 Å². The molecule has 0 aliphatic carbocycles. The summed E-state index contributed by atoms with van der Waals surface area (Å²) in [5, 5.41) is 16.1. The normalized spacial score (nSPS) is 13.3. The number of para-hydroxylation sites is 2. The van der Waals surface area contributed by atoms with Crippen molar-refractivity contribution in [2.24, 2.45) is 0 Å². The molecule has 0 saturated carbocycles. The van der Waals surface area contributed by atoms with Crippen LogP contribution in [0.2, 0.25) is 0 Å². The highest BCUT2D eigenvalue weighted by molar-refractivity contribution is 5.94. The zero-order chi connectivity index (χ0) is 26.6. The SMILES string of the molecule is COc1cccc(-c2cc(C(=O)N3CCN(c4ccccc4OC)CC3)n(-c3cccc([N+](=O)[O-])c3)n2)c1. The molecule has 0 spiro atoms. The molecule has 1 aromatic heterocycles. The number of ether oxygens (including phenoxy) is 2. The fraction of sp³-hybridized carbons (Fsp3) is 0.214. The first-order valence-electron chi connectivity index (χ1n) is 12.1. The van der Waals surface area contributed by atoms with E-state index in [-0.39, 0.29) is 11.6 Å². The molecule has 2 heterocycles. The summed E-state index contributed by atoms with van der Waals surface area (Å²) in [6.45, 7) is 2.29. The van der Waals surface area contributed by atoms with Gasteiger partial charge < -0.3 is 19.3 Å². The number of amides is 1. The Balaban J connectivity index is 1.47. The summed E-state index contributed by atoms with van der Waals surface area (Å²) in [6, 6.07) is 23.0. The lowest BCUT2D eigenvalue weighted by Gasteiger charge is -2.36. The van der Waals surface area contributed by atoms with Crippen LogP contribution < -0.4 is 14.4 Å². The Kier molecular flexibility index (Phi) is 6.94. The zero-order valence-corrected chi connectivity index (χ0v) is 21.1. The predicted octanol–water partition coefficient (Wildman–Crippen LogP) is 4.43. The van der Waals surface area contributed by atoms with Gasteiger partial charge in [-0.25, -0.2) is 4.68 Å². The number of nitrogens with zero attached hydrogens (tertiary/aromatic N) is 5. The first kappa shape index (κ1) is 24.8. The molecule has 3 aromatic carbocycles. The number of rotatable bonds is 7. The van der Waals surface area contributed by atoms with E-state index in [0.29, 0.717) is 49.0 Å². The first-order valence-corrected chi connectivity index (χ1v) is 12.1. The average Bonchev–Trinajstić information content (AvgIpc) is 3.42. The Bertz CT molecular complexity index is 1480. The molecule has 1 saturated heterocycles. The first-order chi connectivity index (χ1) is 18.5. The van der Waals surface area contributed by atoms with Crippen LogP contribution in [-0.2, 0) is 0 Å². The van der Waals surface area contributed by atoms with Gasteiger partial charge in [0.2, 0.25) is 0 Å². The van der Waals surface area contributed by atoms with Crippen LogP contribution in [0.1, 0.15) is 10.5 Å². The quantitative estimate of drug-likeness (QED) is 0.266. The fourth-order valence-corrected chi connectivity index (χ4v) is 4.60. The zero-order valence-electron chi connectivity index (χ0n) is 21.1. The van der Waals surface area contributed by atoms with Crippen molar-refractivity contribution in [2.45, 2.75) is 0 Å². The number of hydrogen-bond donors (Lipinski definition) is 0. The molecule has 1 aliphatic rings. The highest BCUT2D eigenvalue weighted by Crippen LogP contribution is 2.30. The van der Waals surface area contributed by atoms with Gasteiger partial charge in [0.25, 0.3) is 11.6 Å². The highest BCUT2D eigenvalue weighted by atomic mass is 16.6. The summed E-state index contributed by atoms with van der Waals surface area (Å²) >= 11 is 0. The predicted molar refractivity (Wildman–Crippen MR) is 143 cm³/mol. The van der Waals surface area contributed by atoms with Crippen LogP contribution in [0.5, 0.6) is 11.5 Å². The minimum absolute atomic E-state index is 0.0789. The van der Waals surface area contributed by atoms with E-state index < -0.39 is 4.92 Å². The van der Waals surface area contributed by atoms with Crippen molar-refractivity contribution < 1.29 is 19.2 Å². The van der Waals surface area contributed by atoms with Gasteiger partial charge in [-0.2, -0.15) is 5.10 Å². The molecule has 0 bridgehead atoms. The number of carbonyl (C=O) groups excluding carboxylic acids is 1. The Hall–Kier alpha value is -4.86. The number of nitro groups is 1. The van der Waals surface area contributed by atoms with Crippen LogP contribution >= 0.6 is 0 Å². The van der Waals surface area contributed by atoms with Crippen molar-refractivity contribution >= 4 is 17.3 Å². The van der Waals surface area contributed by atoms with E-state index in [4.69, 9.17) is 14.6 Å². The Morgan fingerprint density at radius 2 is 1.66 bits per heavy atom. The van der Waals surface area contributed by atoms with Gasteiger partial charge in [-0.05, 0) is 36.4 Å². The molecule has 1 fully saturated rings. The van der Waals surface area contributed by atoms with E-state index in [1.54, 1.807) is 37.3 Å². The lowest BCUT2D eigenvalue weighted by molar-refractivity contribution is -0.384. The van der Waals surface area contributed by atoms with E-state index in [0.717, 1.165) is 17.0 Å². The molecule has 0 atom stereocenters. The van der Waals surface area contributed by atoms with E-state index in [1.165, 1.54) is 16.8 Å². The van der Waals surface area contributed by atoms with E-state index in [9.17, 15) is 14.9 Å². The summed E-state index contributed by atoms with van der Waals surface area (Å²) in [6.07, 6.45) is 0. The second-order valence-electron chi connectivity index (χ2n) is 8.79. The van der Waals surface area contributed by atoms with Crippen LogP contribution in [0.15, 0.2) is 78.9 Å². The van der Waals surface area contributed by atoms with Crippen molar-refractivity contribution in [3.63, 3.8) is 0 Å². The molecule has 38 heavy (non-hydrogen) atoms. The molecular weight excluding hydrogens is 486 g/mol. The number of nitro benzene ring substituents is 1. The molecule has 0 N–H and O–H groups in total. The molecule has 0 radical (unpaired) electrons. The molecule has 10 heteroatoms. The summed E-state index contributed by atoms with van der Waals surface area (Å²) in [5.41, 5.74) is 3.00. The van der Waals surface area contributed by atoms with Gasteiger partial charge in [0.05, 0.1) is 36.2 Å². The molecule has 194 valence electrons. The van der Waals surface area contributed by atoms with Crippen LogP contribution in [0.3, 0.4) is 0 Å². The highest BCUT2D eigenvalue weighted by Gasteiger charge is 2.27. The molecule has 5 rings (SSSR count). The second kappa shape index (κ2) is 10.6. The number of carbonyl (C=O) groups is 1. The summed E-state index contributed by atoms with van der Waals surface area (Å²) in [5.74, 6) is 1.25. The maximum atomic E-state index is 13.8. The number of methoxy groups -OCH3 is 2. The molecule has 4 aromatic rings. The Morgan fingerprint density at radius 3 is 2.39 bits per heavy atom. The third-order valence-electron chi connectivity index (χ3n) is 6.57. The summed E-state index contributed by atoms with van der Waals surface area (Å²) in [4.78, 5) is 28.7.